The van der Waals surface area contributed by atoms with Gasteiger partial charge in [-0.25, -0.2) is 0 Å². The first kappa shape index (κ1) is 14.5. The molecular weight excluding hydrogens is 270 g/mol. The van der Waals surface area contributed by atoms with Crippen molar-refractivity contribution in [2.45, 2.75) is 38.9 Å². The molecule has 1 aromatic rings. The molecule has 0 bridgehead atoms. The van der Waals surface area contributed by atoms with Crippen molar-refractivity contribution in [3.8, 4) is 0 Å². The number of aryl methyl sites for hydroxylation is 1. The van der Waals surface area contributed by atoms with Gasteiger partial charge in [0.25, 0.3) is 0 Å². The monoisotopic (exact) mass is 293 g/mol. The summed E-state index contributed by atoms with van der Waals surface area (Å²) in [5.74, 6) is 1.95. The quantitative estimate of drug-likeness (QED) is 0.814. The average molecular weight is 293 g/mol. The second-order valence-electron chi connectivity index (χ2n) is 5.79. The summed E-state index contributed by atoms with van der Waals surface area (Å²) in [6.07, 6.45) is 2.11. The molecule has 0 saturated carbocycles. The molecule has 0 aliphatic carbocycles. The van der Waals surface area contributed by atoms with Crippen molar-refractivity contribution in [3.63, 3.8) is 0 Å². The Morgan fingerprint density at radius 2 is 2.33 bits per heavy atom. The highest BCUT2D eigenvalue weighted by molar-refractivity contribution is 5.79. The Hall–Kier alpha value is -1.47. The molecule has 1 N–H and O–H groups in total. The SMILES string of the molecule is CCNC1COCC1C(=O)N(C)Cc1nnc2n1CCC2. The van der Waals surface area contributed by atoms with Crippen molar-refractivity contribution in [1.29, 1.82) is 0 Å². The van der Waals surface area contributed by atoms with E-state index in [0.717, 1.165) is 37.6 Å². The lowest BCUT2D eigenvalue weighted by Gasteiger charge is -2.24. The Bertz CT molecular complexity index is 515. The zero-order valence-corrected chi connectivity index (χ0v) is 12.7. The third-order valence-corrected chi connectivity index (χ3v) is 4.30. The molecule has 7 heteroatoms. The van der Waals surface area contributed by atoms with Gasteiger partial charge in [0.15, 0.2) is 5.82 Å². The summed E-state index contributed by atoms with van der Waals surface area (Å²) in [6.45, 7) is 5.48. The number of amides is 1. The minimum Gasteiger partial charge on any atom is -0.379 e. The Labute approximate surface area is 124 Å². The van der Waals surface area contributed by atoms with Crippen LogP contribution in [0.3, 0.4) is 0 Å². The van der Waals surface area contributed by atoms with Crippen LogP contribution in [-0.2, 0) is 29.0 Å². The summed E-state index contributed by atoms with van der Waals surface area (Å²) in [6, 6.07) is 0.120. The number of carbonyl (C=O) groups excluding carboxylic acids is 1. The molecule has 2 atom stereocenters. The maximum atomic E-state index is 12.6. The number of aromatic nitrogens is 3. The van der Waals surface area contributed by atoms with E-state index in [1.165, 1.54) is 0 Å². The van der Waals surface area contributed by atoms with E-state index in [4.69, 9.17) is 4.74 Å². The molecule has 21 heavy (non-hydrogen) atoms. The third-order valence-electron chi connectivity index (χ3n) is 4.30. The summed E-state index contributed by atoms with van der Waals surface area (Å²) < 4.78 is 7.60. The fourth-order valence-electron chi connectivity index (χ4n) is 3.16. The highest BCUT2D eigenvalue weighted by Crippen LogP contribution is 2.19. The second-order valence-corrected chi connectivity index (χ2v) is 5.79. The van der Waals surface area contributed by atoms with E-state index in [1.54, 1.807) is 4.90 Å². The molecule has 3 heterocycles. The highest BCUT2D eigenvalue weighted by atomic mass is 16.5. The van der Waals surface area contributed by atoms with E-state index in [0.29, 0.717) is 19.8 Å². The van der Waals surface area contributed by atoms with Gasteiger partial charge in [0.05, 0.1) is 25.7 Å². The van der Waals surface area contributed by atoms with Crippen LogP contribution in [0.1, 0.15) is 25.0 Å². The van der Waals surface area contributed by atoms with Crippen LogP contribution in [0, 0.1) is 5.92 Å². The molecule has 3 rings (SSSR count). The van der Waals surface area contributed by atoms with E-state index in [9.17, 15) is 4.79 Å². The van der Waals surface area contributed by atoms with Crippen LogP contribution in [0.4, 0.5) is 0 Å². The van der Waals surface area contributed by atoms with Crippen LogP contribution < -0.4 is 5.32 Å². The molecule has 1 fully saturated rings. The van der Waals surface area contributed by atoms with E-state index in [-0.39, 0.29) is 17.9 Å². The lowest BCUT2D eigenvalue weighted by Crippen LogP contribution is -2.44. The summed E-state index contributed by atoms with van der Waals surface area (Å²) in [4.78, 5) is 14.4. The average Bonchev–Trinajstić information content (AvgIpc) is 3.16. The predicted molar refractivity (Wildman–Crippen MR) is 76.6 cm³/mol. The Balaban J connectivity index is 1.64. The third kappa shape index (κ3) is 2.80. The zero-order valence-electron chi connectivity index (χ0n) is 12.7. The first-order chi connectivity index (χ1) is 10.2. The van der Waals surface area contributed by atoms with Gasteiger partial charge in [0.1, 0.15) is 5.82 Å². The van der Waals surface area contributed by atoms with Crippen molar-refractivity contribution in [1.82, 2.24) is 25.0 Å². The van der Waals surface area contributed by atoms with E-state index in [2.05, 4.69) is 20.1 Å². The van der Waals surface area contributed by atoms with E-state index in [1.807, 2.05) is 14.0 Å². The molecule has 2 unspecified atom stereocenters. The zero-order chi connectivity index (χ0) is 14.8. The van der Waals surface area contributed by atoms with Gasteiger partial charge in [0.2, 0.25) is 5.91 Å². The lowest BCUT2D eigenvalue weighted by atomic mass is 10.0. The number of fused-ring (bicyclic) bond motifs is 1. The van der Waals surface area contributed by atoms with Gasteiger partial charge in [-0.05, 0) is 13.0 Å². The molecule has 0 radical (unpaired) electrons. The minimum atomic E-state index is -0.101. The van der Waals surface area contributed by atoms with Crippen molar-refractivity contribution < 1.29 is 9.53 Å². The number of carbonyl (C=O) groups is 1. The van der Waals surface area contributed by atoms with Crippen molar-refractivity contribution in [3.05, 3.63) is 11.6 Å². The molecular formula is C14H23N5O2. The number of rotatable bonds is 5. The normalized spacial score (nSPS) is 24.3. The summed E-state index contributed by atoms with van der Waals surface area (Å²) in [5, 5.41) is 11.7. The van der Waals surface area contributed by atoms with Crippen LogP contribution in [0.15, 0.2) is 0 Å². The molecule has 2 aliphatic rings. The highest BCUT2D eigenvalue weighted by Gasteiger charge is 2.35. The number of nitrogens with one attached hydrogen (secondary N) is 1. The van der Waals surface area contributed by atoms with Gasteiger partial charge in [-0.15, -0.1) is 10.2 Å². The largest absolute Gasteiger partial charge is 0.379 e. The topological polar surface area (TPSA) is 72.3 Å². The summed E-state index contributed by atoms with van der Waals surface area (Å²) >= 11 is 0. The summed E-state index contributed by atoms with van der Waals surface area (Å²) in [7, 11) is 1.83. The smallest absolute Gasteiger partial charge is 0.229 e. The van der Waals surface area contributed by atoms with E-state index < -0.39 is 0 Å². The number of hydrogen-bond donors (Lipinski definition) is 1. The molecule has 0 aromatic carbocycles. The number of likely N-dealkylation sites (N-methyl/N-ethyl adjacent to an activating group) is 1. The van der Waals surface area contributed by atoms with Crippen LogP contribution in [0.25, 0.3) is 0 Å². The second kappa shape index (κ2) is 6.11. The molecule has 0 spiro atoms. The Morgan fingerprint density at radius 3 is 3.14 bits per heavy atom. The van der Waals surface area contributed by atoms with Crippen molar-refractivity contribution in [2.75, 3.05) is 26.8 Å². The van der Waals surface area contributed by atoms with E-state index >= 15 is 0 Å². The fraction of sp³-hybridized carbons (Fsp3) is 0.786. The standard InChI is InChI=1S/C14H23N5O2/c1-3-15-11-9-21-8-10(11)14(20)18(2)7-13-17-16-12-5-4-6-19(12)13/h10-11,15H,3-9H2,1-2H3. The first-order valence-corrected chi connectivity index (χ1v) is 7.67. The minimum absolute atomic E-state index is 0.101. The van der Waals surface area contributed by atoms with Crippen LogP contribution >= 0.6 is 0 Å². The predicted octanol–water partition coefficient (Wildman–Crippen LogP) is -0.193. The first-order valence-electron chi connectivity index (χ1n) is 7.67. The van der Waals surface area contributed by atoms with Gasteiger partial charge >= 0.3 is 0 Å². The van der Waals surface area contributed by atoms with Crippen molar-refractivity contribution in [2.24, 2.45) is 5.92 Å². The lowest BCUT2D eigenvalue weighted by molar-refractivity contribution is -0.135. The molecule has 116 valence electrons. The van der Waals surface area contributed by atoms with Gasteiger partial charge in [-0.3, -0.25) is 4.79 Å². The van der Waals surface area contributed by atoms with Crippen LogP contribution in [-0.4, -0.2) is 58.4 Å². The Kier molecular flexibility index (Phi) is 4.21. The van der Waals surface area contributed by atoms with Crippen LogP contribution in [0.5, 0.6) is 0 Å². The summed E-state index contributed by atoms with van der Waals surface area (Å²) in [5.41, 5.74) is 0. The number of nitrogens with zero attached hydrogens (tertiary/aromatic N) is 4. The maximum Gasteiger partial charge on any atom is 0.229 e. The van der Waals surface area contributed by atoms with Crippen LogP contribution in [0.2, 0.25) is 0 Å². The molecule has 1 amide bonds. The van der Waals surface area contributed by atoms with Gasteiger partial charge in [0, 0.05) is 26.1 Å². The van der Waals surface area contributed by atoms with Crippen molar-refractivity contribution >= 4 is 5.91 Å². The Morgan fingerprint density at radius 1 is 1.48 bits per heavy atom. The maximum absolute atomic E-state index is 12.6. The number of ether oxygens (including phenoxy) is 1. The molecule has 1 aromatic heterocycles. The number of hydrogen-bond acceptors (Lipinski definition) is 5. The van der Waals surface area contributed by atoms with Gasteiger partial charge in [-0.1, -0.05) is 6.92 Å². The molecule has 1 saturated heterocycles. The van der Waals surface area contributed by atoms with Gasteiger partial charge in [-0.2, -0.15) is 0 Å². The fourth-order valence-corrected chi connectivity index (χ4v) is 3.16. The molecule has 2 aliphatic heterocycles. The van der Waals surface area contributed by atoms with Gasteiger partial charge < -0.3 is 19.5 Å². The molecule has 7 nitrogen and oxygen atoms in total.